The zero-order valence-electron chi connectivity index (χ0n) is 10.5. The molecule has 96 valence electrons. The van der Waals surface area contributed by atoms with Crippen molar-refractivity contribution >= 4 is 17.7 Å². The SMILES string of the molecule is O=C(O)c1nc2c(c3c1=c1ccccc1=N3)CC=CC=2. The number of hydrogen-bond donors (Lipinski definition) is 1. The Labute approximate surface area is 113 Å². The average molecular weight is 262 g/mol. The fourth-order valence-corrected chi connectivity index (χ4v) is 2.75. The van der Waals surface area contributed by atoms with Crippen LogP contribution in [0.3, 0.4) is 0 Å². The molecular formula is C16H10N2O2. The summed E-state index contributed by atoms with van der Waals surface area (Å²) in [5.74, 6) is -1.01. The summed E-state index contributed by atoms with van der Waals surface area (Å²) in [4.78, 5) is 20.5. The van der Waals surface area contributed by atoms with E-state index >= 15 is 0 Å². The molecule has 1 N–H and O–H groups in total. The maximum atomic E-state index is 11.5. The summed E-state index contributed by atoms with van der Waals surface area (Å²) in [7, 11) is 0. The lowest BCUT2D eigenvalue weighted by Gasteiger charge is -2.08. The van der Waals surface area contributed by atoms with E-state index in [0.717, 1.165) is 28.2 Å². The molecule has 0 radical (unpaired) electrons. The molecule has 0 atom stereocenters. The Bertz CT molecular complexity index is 1000. The van der Waals surface area contributed by atoms with E-state index in [1.54, 1.807) is 0 Å². The quantitative estimate of drug-likeness (QED) is 0.717. The fourth-order valence-electron chi connectivity index (χ4n) is 2.75. The summed E-state index contributed by atoms with van der Waals surface area (Å²) in [5.41, 5.74) is 1.84. The summed E-state index contributed by atoms with van der Waals surface area (Å²) in [5, 5.41) is 12.5. The summed E-state index contributed by atoms with van der Waals surface area (Å²) >= 11 is 0. The zero-order chi connectivity index (χ0) is 13.7. The van der Waals surface area contributed by atoms with Gasteiger partial charge in [-0.3, -0.25) is 0 Å². The van der Waals surface area contributed by atoms with E-state index in [0.29, 0.717) is 10.6 Å². The van der Waals surface area contributed by atoms with Crippen LogP contribution in [0, 0.1) is 10.4 Å². The topological polar surface area (TPSA) is 62.5 Å². The highest BCUT2D eigenvalue weighted by Crippen LogP contribution is 2.24. The number of rotatable bonds is 1. The van der Waals surface area contributed by atoms with Crippen LogP contribution in [0.15, 0.2) is 41.4 Å². The first-order valence-electron chi connectivity index (χ1n) is 6.37. The second-order valence-electron chi connectivity index (χ2n) is 4.78. The van der Waals surface area contributed by atoms with E-state index in [2.05, 4.69) is 9.98 Å². The number of benzene rings is 1. The van der Waals surface area contributed by atoms with E-state index in [4.69, 9.17) is 0 Å². The third kappa shape index (κ3) is 1.39. The van der Waals surface area contributed by atoms with Crippen molar-refractivity contribution in [2.75, 3.05) is 0 Å². The second kappa shape index (κ2) is 3.87. The van der Waals surface area contributed by atoms with E-state index in [1.165, 1.54) is 0 Å². The Hall–Kier alpha value is -2.75. The van der Waals surface area contributed by atoms with Crippen LogP contribution < -0.4 is 10.7 Å². The molecule has 20 heavy (non-hydrogen) atoms. The molecule has 4 rings (SSSR count). The summed E-state index contributed by atoms with van der Waals surface area (Å²) < 4.78 is 0. The summed E-state index contributed by atoms with van der Waals surface area (Å²) in [6.07, 6.45) is 6.50. The molecule has 4 nitrogen and oxygen atoms in total. The molecule has 1 aromatic heterocycles. The molecule has 1 aliphatic carbocycles. The molecule has 0 saturated carbocycles. The summed E-state index contributed by atoms with van der Waals surface area (Å²) in [6.45, 7) is 0. The van der Waals surface area contributed by atoms with Crippen molar-refractivity contribution in [2.24, 2.45) is 4.99 Å². The molecule has 0 bridgehead atoms. The number of carboxylic acid groups (broad SMARTS) is 1. The van der Waals surface area contributed by atoms with Crippen molar-refractivity contribution in [2.45, 2.75) is 6.42 Å². The van der Waals surface area contributed by atoms with Gasteiger partial charge in [0.05, 0.1) is 16.4 Å². The van der Waals surface area contributed by atoms with Crippen LogP contribution in [0.1, 0.15) is 16.1 Å². The van der Waals surface area contributed by atoms with Crippen molar-refractivity contribution in [1.82, 2.24) is 4.98 Å². The Balaban J connectivity index is 2.32. The lowest BCUT2D eigenvalue weighted by Crippen LogP contribution is -2.20. The number of aromatic carboxylic acids is 1. The van der Waals surface area contributed by atoms with Gasteiger partial charge >= 0.3 is 5.97 Å². The normalized spacial score (nSPS) is 13.8. The number of nitrogens with zero attached hydrogens (tertiary/aromatic N) is 2. The number of aromatic nitrogens is 1. The standard InChI is InChI=1S/C16H10N2O2/c19-16(20)15-13-9-5-1-3-7-11(9)17-14(13)10-6-2-4-8-12(10)18-15/h1-5,7-8H,6H2,(H,19,20). The van der Waals surface area contributed by atoms with Crippen LogP contribution in [-0.2, 0) is 6.42 Å². The number of para-hydroxylation sites is 1. The van der Waals surface area contributed by atoms with Crippen molar-refractivity contribution in [3.8, 4) is 0 Å². The fraction of sp³-hybridized carbons (Fsp3) is 0.0625. The van der Waals surface area contributed by atoms with Gasteiger partial charge < -0.3 is 5.11 Å². The highest BCUT2D eigenvalue weighted by molar-refractivity contribution is 5.87. The first-order chi connectivity index (χ1) is 9.75. The molecule has 0 spiro atoms. The van der Waals surface area contributed by atoms with Gasteiger partial charge in [-0.25, -0.2) is 14.8 Å². The molecule has 0 fully saturated rings. The highest BCUT2D eigenvalue weighted by Gasteiger charge is 2.19. The zero-order valence-corrected chi connectivity index (χ0v) is 10.5. The van der Waals surface area contributed by atoms with Crippen molar-refractivity contribution in [1.29, 1.82) is 0 Å². The predicted octanol–water partition coefficient (Wildman–Crippen LogP) is 1.22. The molecule has 0 saturated heterocycles. The van der Waals surface area contributed by atoms with Gasteiger partial charge in [0.15, 0.2) is 5.69 Å². The number of allylic oxidation sites excluding steroid dienone is 2. The number of carboxylic acids is 1. The van der Waals surface area contributed by atoms with Crippen LogP contribution in [0.4, 0.5) is 5.69 Å². The molecule has 1 aliphatic heterocycles. The lowest BCUT2D eigenvalue weighted by molar-refractivity contribution is 0.0689. The molecule has 2 aliphatic rings. The minimum atomic E-state index is -1.01. The third-order valence-corrected chi connectivity index (χ3v) is 3.62. The van der Waals surface area contributed by atoms with E-state index in [9.17, 15) is 9.90 Å². The Morgan fingerprint density at radius 3 is 2.95 bits per heavy atom. The van der Waals surface area contributed by atoms with Gasteiger partial charge in [-0.15, -0.1) is 0 Å². The molecule has 2 aromatic rings. The van der Waals surface area contributed by atoms with Gasteiger partial charge in [-0.1, -0.05) is 30.4 Å². The van der Waals surface area contributed by atoms with Gasteiger partial charge in [0.25, 0.3) is 0 Å². The number of carbonyl (C=O) groups is 1. The molecule has 4 heteroatoms. The molecule has 0 unspecified atom stereocenters. The van der Waals surface area contributed by atoms with E-state index in [1.807, 2.05) is 42.5 Å². The predicted molar refractivity (Wildman–Crippen MR) is 73.1 cm³/mol. The molecular weight excluding hydrogens is 252 g/mol. The molecule has 1 aromatic carbocycles. The maximum Gasteiger partial charge on any atom is 0.355 e. The first-order valence-corrected chi connectivity index (χ1v) is 6.37. The van der Waals surface area contributed by atoms with Crippen LogP contribution in [0.5, 0.6) is 0 Å². The Morgan fingerprint density at radius 2 is 2.10 bits per heavy atom. The van der Waals surface area contributed by atoms with Gasteiger partial charge in [0, 0.05) is 16.0 Å². The monoisotopic (exact) mass is 262 g/mol. The van der Waals surface area contributed by atoms with Crippen molar-refractivity contribution in [3.63, 3.8) is 0 Å². The van der Waals surface area contributed by atoms with Crippen LogP contribution in [-0.4, -0.2) is 16.1 Å². The number of pyridine rings is 1. The van der Waals surface area contributed by atoms with E-state index < -0.39 is 5.97 Å². The Morgan fingerprint density at radius 1 is 1.25 bits per heavy atom. The van der Waals surface area contributed by atoms with E-state index in [-0.39, 0.29) is 5.69 Å². The number of fused-ring (bicyclic) bond motifs is 4. The lowest BCUT2D eigenvalue weighted by atomic mass is 10.0. The number of hydrogen-bond acceptors (Lipinski definition) is 3. The minimum absolute atomic E-state index is 0.0824. The second-order valence-corrected chi connectivity index (χ2v) is 4.78. The third-order valence-electron chi connectivity index (χ3n) is 3.62. The first kappa shape index (κ1) is 11.1. The Kier molecular flexibility index (Phi) is 2.15. The maximum absolute atomic E-state index is 11.5. The van der Waals surface area contributed by atoms with Crippen molar-refractivity contribution < 1.29 is 9.90 Å². The largest absolute Gasteiger partial charge is 0.476 e. The molecule has 2 heterocycles. The van der Waals surface area contributed by atoms with Crippen LogP contribution in [0.25, 0.3) is 6.08 Å². The van der Waals surface area contributed by atoms with Gasteiger partial charge in [-0.2, -0.15) is 0 Å². The van der Waals surface area contributed by atoms with Gasteiger partial charge in [0.2, 0.25) is 0 Å². The van der Waals surface area contributed by atoms with Crippen LogP contribution >= 0.6 is 0 Å². The summed E-state index contributed by atoms with van der Waals surface area (Å²) in [6, 6.07) is 7.59. The smallest absolute Gasteiger partial charge is 0.355 e. The average Bonchev–Trinajstić information content (AvgIpc) is 2.86. The molecule has 0 amide bonds. The van der Waals surface area contributed by atoms with Gasteiger partial charge in [0.1, 0.15) is 0 Å². The highest BCUT2D eigenvalue weighted by atomic mass is 16.4. The van der Waals surface area contributed by atoms with Crippen molar-refractivity contribution in [3.05, 3.63) is 68.8 Å². The van der Waals surface area contributed by atoms with Crippen LogP contribution in [0.2, 0.25) is 0 Å². The van der Waals surface area contributed by atoms with Gasteiger partial charge in [-0.05, 0) is 18.6 Å². The minimum Gasteiger partial charge on any atom is -0.476 e.